The van der Waals surface area contributed by atoms with Crippen LogP contribution in [0.3, 0.4) is 0 Å². The molecule has 1 fully saturated rings. The number of amides is 2. The minimum absolute atomic E-state index is 0.106. The maximum Gasteiger partial charge on any atom is 0.222 e. The van der Waals surface area contributed by atoms with E-state index in [1.54, 1.807) is 0 Å². The number of nitrogens with two attached hydrogens (primary N) is 2. The zero-order valence-corrected chi connectivity index (χ0v) is 12.8. The largest absolute Gasteiger partial charge is 0.369 e. The fraction of sp³-hybridized carbons (Fsp3) is 0.429. The molecule has 0 radical (unpaired) electrons. The Hall–Kier alpha value is -1.40. The van der Waals surface area contributed by atoms with Gasteiger partial charge in [-0.25, -0.2) is 0 Å². The lowest BCUT2D eigenvalue weighted by Gasteiger charge is -2.24. The highest BCUT2D eigenvalue weighted by molar-refractivity contribution is 9.10. The monoisotopic (exact) mass is 339 g/mol. The highest BCUT2D eigenvalue weighted by Gasteiger charge is 2.41. The normalized spacial score (nSPS) is 24.5. The lowest BCUT2D eigenvalue weighted by Crippen LogP contribution is -2.36. The van der Waals surface area contributed by atoms with E-state index >= 15 is 0 Å². The van der Waals surface area contributed by atoms with Crippen molar-refractivity contribution in [1.29, 1.82) is 0 Å². The number of halogens is 1. The molecule has 6 heteroatoms. The third-order valence-electron chi connectivity index (χ3n) is 3.98. The first-order chi connectivity index (χ1) is 9.40. The van der Waals surface area contributed by atoms with Crippen LogP contribution >= 0.6 is 15.9 Å². The summed E-state index contributed by atoms with van der Waals surface area (Å²) in [7, 11) is 0. The third-order valence-corrected chi connectivity index (χ3v) is 4.51. The molecule has 1 aromatic carbocycles. The molecular formula is C14H18BrN3O2. The van der Waals surface area contributed by atoms with Crippen molar-refractivity contribution < 1.29 is 9.59 Å². The molecule has 0 bridgehead atoms. The minimum atomic E-state index is -0.495. The molecule has 108 valence electrons. The molecule has 4 N–H and O–H groups in total. The first kappa shape index (κ1) is 15.0. The van der Waals surface area contributed by atoms with Crippen molar-refractivity contribution >= 4 is 27.7 Å². The van der Waals surface area contributed by atoms with Gasteiger partial charge in [-0.1, -0.05) is 28.1 Å². The Morgan fingerprint density at radius 1 is 1.15 bits per heavy atom. The average Bonchev–Trinajstić information content (AvgIpc) is 2.84. The van der Waals surface area contributed by atoms with Crippen LogP contribution in [0.15, 0.2) is 28.7 Å². The minimum Gasteiger partial charge on any atom is -0.369 e. The molecule has 0 aliphatic carbocycles. The SMILES string of the molecule is CC(c1ccc(Br)cc1)N1CC(C(N)=O)C(C(N)=O)C1. The van der Waals surface area contributed by atoms with Crippen molar-refractivity contribution in [2.24, 2.45) is 23.3 Å². The van der Waals surface area contributed by atoms with Crippen LogP contribution in [0.25, 0.3) is 0 Å². The van der Waals surface area contributed by atoms with E-state index in [2.05, 4.69) is 20.8 Å². The molecule has 2 rings (SSSR count). The van der Waals surface area contributed by atoms with Gasteiger partial charge in [-0.3, -0.25) is 14.5 Å². The fourth-order valence-corrected chi connectivity index (χ4v) is 2.94. The van der Waals surface area contributed by atoms with Gasteiger partial charge in [0.2, 0.25) is 11.8 Å². The van der Waals surface area contributed by atoms with Crippen LogP contribution in [0, 0.1) is 11.8 Å². The molecule has 20 heavy (non-hydrogen) atoms. The van der Waals surface area contributed by atoms with Crippen molar-refractivity contribution in [1.82, 2.24) is 4.90 Å². The summed E-state index contributed by atoms with van der Waals surface area (Å²) in [6.07, 6.45) is 0. The number of hydrogen-bond acceptors (Lipinski definition) is 3. The highest BCUT2D eigenvalue weighted by atomic mass is 79.9. The molecule has 3 unspecified atom stereocenters. The number of hydrogen-bond donors (Lipinski definition) is 2. The molecule has 0 saturated carbocycles. The fourth-order valence-electron chi connectivity index (χ4n) is 2.68. The first-order valence-corrected chi connectivity index (χ1v) is 7.27. The topological polar surface area (TPSA) is 89.4 Å². The quantitative estimate of drug-likeness (QED) is 0.858. The van der Waals surface area contributed by atoms with Crippen molar-refractivity contribution in [2.45, 2.75) is 13.0 Å². The summed E-state index contributed by atoms with van der Waals surface area (Å²) < 4.78 is 1.01. The number of primary amides is 2. The summed E-state index contributed by atoms with van der Waals surface area (Å²) in [5.74, 6) is -1.91. The van der Waals surface area contributed by atoms with Gasteiger partial charge in [0, 0.05) is 23.6 Å². The van der Waals surface area contributed by atoms with Crippen LogP contribution in [0.5, 0.6) is 0 Å². The first-order valence-electron chi connectivity index (χ1n) is 6.48. The predicted molar refractivity (Wildman–Crippen MR) is 79.5 cm³/mol. The lowest BCUT2D eigenvalue weighted by atomic mass is 9.95. The van der Waals surface area contributed by atoms with Crippen molar-refractivity contribution in [3.8, 4) is 0 Å². The second kappa shape index (κ2) is 5.93. The summed E-state index contributed by atoms with van der Waals surface area (Å²) in [6.45, 7) is 2.99. The molecule has 0 aromatic heterocycles. The summed E-state index contributed by atoms with van der Waals surface area (Å²) in [5.41, 5.74) is 11.9. The van der Waals surface area contributed by atoms with Crippen molar-refractivity contribution in [3.63, 3.8) is 0 Å². The zero-order chi connectivity index (χ0) is 14.9. The van der Waals surface area contributed by atoms with Gasteiger partial charge in [0.15, 0.2) is 0 Å². The highest BCUT2D eigenvalue weighted by Crippen LogP contribution is 2.31. The second-order valence-corrected chi connectivity index (χ2v) is 6.11. The van der Waals surface area contributed by atoms with Crippen LogP contribution in [-0.2, 0) is 9.59 Å². The number of carbonyl (C=O) groups excluding carboxylic acids is 2. The predicted octanol–water partition coefficient (Wildman–Crippen LogP) is 1.03. The summed E-state index contributed by atoms with van der Waals surface area (Å²) in [6, 6.07) is 8.09. The van der Waals surface area contributed by atoms with Gasteiger partial charge in [-0.05, 0) is 24.6 Å². The molecule has 1 aliphatic heterocycles. The number of likely N-dealkylation sites (tertiary alicyclic amines) is 1. The van der Waals surface area contributed by atoms with Gasteiger partial charge in [0.25, 0.3) is 0 Å². The Kier molecular flexibility index (Phi) is 4.45. The number of rotatable bonds is 4. The van der Waals surface area contributed by atoms with Crippen LogP contribution in [0.1, 0.15) is 18.5 Å². The van der Waals surface area contributed by atoms with Gasteiger partial charge < -0.3 is 11.5 Å². The van der Waals surface area contributed by atoms with E-state index in [1.165, 1.54) is 0 Å². The zero-order valence-electron chi connectivity index (χ0n) is 11.3. The van der Waals surface area contributed by atoms with Crippen molar-refractivity contribution in [3.05, 3.63) is 34.3 Å². The van der Waals surface area contributed by atoms with E-state index in [4.69, 9.17) is 11.5 Å². The Morgan fingerprint density at radius 3 is 2.00 bits per heavy atom. The van der Waals surface area contributed by atoms with Gasteiger partial charge in [-0.15, -0.1) is 0 Å². The molecule has 2 amide bonds. The number of carbonyl (C=O) groups is 2. The molecule has 1 aliphatic rings. The smallest absolute Gasteiger partial charge is 0.222 e. The molecule has 1 aromatic rings. The van der Waals surface area contributed by atoms with Crippen LogP contribution in [-0.4, -0.2) is 29.8 Å². The Labute approximate surface area is 126 Å². The maximum absolute atomic E-state index is 11.4. The summed E-state index contributed by atoms with van der Waals surface area (Å²) in [5, 5.41) is 0. The lowest BCUT2D eigenvalue weighted by molar-refractivity contribution is -0.129. The molecular weight excluding hydrogens is 322 g/mol. The van der Waals surface area contributed by atoms with E-state index in [9.17, 15) is 9.59 Å². The van der Waals surface area contributed by atoms with E-state index in [-0.39, 0.29) is 6.04 Å². The third kappa shape index (κ3) is 3.02. The number of nitrogens with zero attached hydrogens (tertiary/aromatic N) is 1. The van der Waals surface area contributed by atoms with Gasteiger partial charge in [0.05, 0.1) is 11.8 Å². The molecule has 1 saturated heterocycles. The van der Waals surface area contributed by atoms with E-state index in [0.717, 1.165) is 10.0 Å². The van der Waals surface area contributed by atoms with Gasteiger partial charge >= 0.3 is 0 Å². The van der Waals surface area contributed by atoms with Crippen LogP contribution in [0.4, 0.5) is 0 Å². The standard InChI is InChI=1S/C14H18BrN3O2/c1-8(9-2-4-10(15)5-3-9)18-6-11(13(16)19)12(7-18)14(17)20/h2-5,8,11-12H,6-7H2,1H3,(H2,16,19)(H2,17,20). The van der Waals surface area contributed by atoms with E-state index < -0.39 is 23.7 Å². The van der Waals surface area contributed by atoms with E-state index in [1.807, 2.05) is 31.2 Å². The van der Waals surface area contributed by atoms with E-state index in [0.29, 0.717) is 13.1 Å². The van der Waals surface area contributed by atoms with Gasteiger partial charge in [0.1, 0.15) is 0 Å². The van der Waals surface area contributed by atoms with Crippen LogP contribution in [0.2, 0.25) is 0 Å². The maximum atomic E-state index is 11.4. The second-order valence-electron chi connectivity index (χ2n) is 5.20. The van der Waals surface area contributed by atoms with Gasteiger partial charge in [-0.2, -0.15) is 0 Å². The Balaban J connectivity index is 2.16. The summed E-state index contributed by atoms with van der Waals surface area (Å²) in [4.78, 5) is 25.0. The average molecular weight is 340 g/mol. The summed E-state index contributed by atoms with van der Waals surface area (Å²) >= 11 is 3.40. The molecule has 5 nitrogen and oxygen atoms in total. The van der Waals surface area contributed by atoms with Crippen molar-refractivity contribution in [2.75, 3.05) is 13.1 Å². The molecule has 3 atom stereocenters. The van der Waals surface area contributed by atoms with Crippen LogP contribution < -0.4 is 11.5 Å². The number of benzene rings is 1. The molecule has 0 spiro atoms. The molecule has 1 heterocycles. The Morgan fingerprint density at radius 2 is 1.60 bits per heavy atom. The Bertz CT molecular complexity index is 496.